The van der Waals surface area contributed by atoms with Crippen molar-refractivity contribution in [3.63, 3.8) is 0 Å². The van der Waals surface area contributed by atoms with Gasteiger partial charge in [0.2, 0.25) is 0 Å². The van der Waals surface area contributed by atoms with Crippen molar-refractivity contribution < 1.29 is 0 Å². The average Bonchev–Trinajstić information content (AvgIpc) is 3.10. The van der Waals surface area contributed by atoms with Crippen LogP contribution in [-0.2, 0) is 6.42 Å². The first-order valence-electron chi connectivity index (χ1n) is 6.52. The van der Waals surface area contributed by atoms with Gasteiger partial charge in [0.25, 0.3) is 0 Å². The molecule has 0 spiro atoms. The quantitative estimate of drug-likeness (QED) is 0.851. The molecule has 2 atom stereocenters. The summed E-state index contributed by atoms with van der Waals surface area (Å²) in [6.07, 6.45) is 3.27. The number of H-pyrrole nitrogens is 1. The van der Waals surface area contributed by atoms with Crippen LogP contribution in [0.1, 0.15) is 43.1 Å². The molecule has 1 aromatic heterocycles. The Morgan fingerprint density at radius 1 is 1.39 bits per heavy atom. The molecule has 1 heterocycles. The summed E-state index contributed by atoms with van der Waals surface area (Å²) in [6.45, 7) is 2.17. The average molecular weight is 259 g/mol. The van der Waals surface area contributed by atoms with Gasteiger partial charge in [-0.25, -0.2) is 0 Å². The molecule has 0 aliphatic heterocycles. The lowest BCUT2D eigenvalue weighted by atomic mass is 10.1. The third kappa shape index (κ3) is 2.01. The van der Waals surface area contributed by atoms with Gasteiger partial charge in [0, 0.05) is 18.4 Å². The highest BCUT2D eigenvalue weighted by molar-refractivity contribution is 7.71. The van der Waals surface area contributed by atoms with Crippen LogP contribution in [-0.4, -0.2) is 14.8 Å². The van der Waals surface area contributed by atoms with Crippen LogP contribution in [0.4, 0.5) is 0 Å². The number of aromatic nitrogens is 3. The molecule has 1 aliphatic carbocycles. The lowest BCUT2D eigenvalue weighted by molar-refractivity contribution is 0.647. The number of nitrogens with one attached hydrogen (secondary N) is 1. The SMILES string of the molecule is CCCc1n[nH]c(=S)n1C1CC1c1ccccc1. The van der Waals surface area contributed by atoms with E-state index in [0.29, 0.717) is 12.0 Å². The van der Waals surface area contributed by atoms with Gasteiger partial charge in [-0.15, -0.1) is 0 Å². The van der Waals surface area contributed by atoms with E-state index in [9.17, 15) is 0 Å². The third-order valence-corrected chi connectivity index (χ3v) is 3.86. The lowest BCUT2D eigenvalue weighted by Crippen LogP contribution is -2.03. The van der Waals surface area contributed by atoms with Crippen LogP contribution in [0.2, 0.25) is 0 Å². The molecule has 18 heavy (non-hydrogen) atoms. The van der Waals surface area contributed by atoms with Crippen molar-refractivity contribution in [1.82, 2.24) is 14.8 Å². The summed E-state index contributed by atoms with van der Waals surface area (Å²) in [5.74, 6) is 1.71. The van der Waals surface area contributed by atoms with Gasteiger partial charge in [-0.1, -0.05) is 37.3 Å². The first-order valence-corrected chi connectivity index (χ1v) is 6.92. The molecule has 4 heteroatoms. The number of hydrogen-bond donors (Lipinski definition) is 1. The van der Waals surface area contributed by atoms with Crippen LogP contribution in [0.15, 0.2) is 30.3 Å². The molecule has 1 aromatic carbocycles. The zero-order valence-electron chi connectivity index (χ0n) is 10.5. The van der Waals surface area contributed by atoms with Crippen molar-refractivity contribution in [3.05, 3.63) is 46.5 Å². The molecule has 1 aliphatic rings. The van der Waals surface area contributed by atoms with E-state index in [1.807, 2.05) is 0 Å². The fraction of sp³-hybridized carbons (Fsp3) is 0.429. The first kappa shape index (κ1) is 11.7. The van der Waals surface area contributed by atoms with Gasteiger partial charge in [-0.3, -0.25) is 5.10 Å². The van der Waals surface area contributed by atoms with Crippen LogP contribution < -0.4 is 0 Å². The second-order valence-electron chi connectivity index (χ2n) is 4.89. The molecular weight excluding hydrogens is 242 g/mol. The van der Waals surface area contributed by atoms with Gasteiger partial charge >= 0.3 is 0 Å². The second-order valence-corrected chi connectivity index (χ2v) is 5.27. The molecule has 1 fully saturated rings. The molecule has 1 N–H and O–H groups in total. The number of nitrogens with zero attached hydrogens (tertiary/aromatic N) is 2. The van der Waals surface area contributed by atoms with Gasteiger partial charge in [0.1, 0.15) is 5.82 Å². The van der Waals surface area contributed by atoms with Gasteiger partial charge < -0.3 is 4.57 Å². The number of aromatic amines is 1. The minimum atomic E-state index is 0.500. The summed E-state index contributed by atoms with van der Waals surface area (Å²) in [5, 5.41) is 7.27. The second kappa shape index (κ2) is 4.69. The molecule has 3 nitrogen and oxygen atoms in total. The molecule has 0 saturated heterocycles. The van der Waals surface area contributed by atoms with E-state index in [4.69, 9.17) is 12.2 Å². The maximum absolute atomic E-state index is 5.35. The fourth-order valence-electron chi connectivity index (χ4n) is 2.60. The Balaban J connectivity index is 1.86. The zero-order valence-corrected chi connectivity index (χ0v) is 11.3. The molecule has 0 bridgehead atoms. The monoisotopic (exact) mass is 259 g/mol. The number of aryl methyl sites for hydroxylation is 1. The molecule has 0 radical (unpaired) electrons. The number of rotatable bonds is 4. The maximum Gasteiger partial charge on any atom is 0.195 e. The predicted octanol–water partition coefficient (Wildman–Crippen LogP) is 3.62. The van der Waals surface area contributed by atoms with Crippen LogP contribution in [0.5, 0.6) is 0 Å². The van der Waals surface area contributed by atoms with Crippen molar-refractivity contribution in [1.29, 1.82) is 0 Å². The van der Waals surface area contributed by atoms with E-state index >= 15 is 0 Å². The van der Waals surface area contributed by atoms with Gasteiger partial charge in [0.05, 0.1) is 0 Å². The molecular formula is C14H17N3S. The fourth-order valence-corrected chi connectivity index (χ4v) is 2.89. The van der Waals surface area contributed by atoms with Gasteiger partial charge in [-0.2, -0.15) is 5.10 Å². The normalized spacial score (nSPS) is 22.1. The molecule has 0 amide bonds. The highest BCUT2D eigenvalue weighted by atomic mass is 32.1. The Morgan fingerprint density at radius 2 is 2.17 bits per heavy atom. The van der Waals surface area contributed by atoms with Crippen molar-refractivity contribution in [2.45, 2.75) is 38.1 Å². The zero-order chi connectivity index (χ0) is 12.5. The largest absolute Gasteiger partial charge is 0.300 e. The highest BCUT2D eigenvalue weighted by Crippen LogP contribution is 2.51. The molecule has 2 aromatic rings. The Bertz CT molecular complexity index is 585. The summed E-state index contributed by atoms with van der Waals surface area (Å²) in [4.78, 5) is 0. The molecule has 3 rings (SSSR count). The molecule has 2 unspecified atom stereocenters. The third-order valence-electron chi connectivity index (χ3n) is 3.57. The maximum atomic E-state index is 5.35. The van der Waals surface area contributed by atoms with E-state index in [2.05, 4.69) is 52.0 Å². The minimum absolute atomic E-state index is 0.500. The van der Waals surface area contributed by atoms with E-state index in [-0.39, 0.29) is 0 Å². The highest BCUT2D eigenvalue weighted by Gasteiger charge is 2.41. The van der Waals surface area contributed by atoms with E-state index in [1.54, 1.807) is 0 Å². The van der Waals surface area contributed by atoms with E-state index in [0.717, 1.165) is 23.4 Å². The lowest BCUT2D eigenvalue weighted by Gasteiger charge is -2.05. The van der Waals surface area contributed by atoms with Crippen molar-refractivity contribution in [3.8, 4) is 0 Å². The van der Waals surface area contributed by atoms with E-state index < -0.39 is 0 Å². The van der Waals surface area contributed by atoms with Crippen molar-refractivity contribution >= 4 is 12.2 Å². The summed E-state index contributed by atoms with van der Waals surface area (Å²) in [5.41, 5.74) is 1.41. The Morgan fingerprint density at radius 3 is 2.89 bits per heavy atom. The van der Waals surface area contributed by atoms with Crippen LogP contribution in [0.25, 0.3) is 0 Å². The Kier molecular flexibility index (Phi) is 3.04. The summed E-state index contributed by atoms with van der Waals surface area (Å²) >= 11 is 5.35. The number of hydrogen-bond acceptors (Lipinski definition) is 2. The van der Waals surface area contributed by atoms with Crippen LogP contribution in [0.3, 0.4) is 0 Å². The minimum Gasteiger partial charge on any atom is -0.300 e. The summed E-state index contributed by atoms with van der Waals surface area (Å²) in [6, 6.07) is 11.2. The van der Waals surface area contributed by atoms with Crippen LogP contribution in [0, 0.1) is 4.77 Å². The van der Waals surface area contributed by atoms with Gasteiger partial charge in [0.15, 0.2) is 4.77 Å². The topological polar surface area (TPSA) is 33.6 Å². The van der Waals surface area contributed by atoms with Crippen LogP contribution >= 0.6 is 12.2 Å². The molecule has 1 saturated carbocycles. The van der Waals surface area contributed by atoms with Gasteiger partial charge in [-0.05, 0) is 30.6 Å². The summed E-state index contributed by atoms with van der Waals surface area (Å²) < 4.78 is 2.98. The summed E-state index contributed by atoms with van der Waals surface area (Å²) in [7, 11) is 0. The van der Waals surface area contributed by atoms with Crippen molar-refractivity contribution in [2.75, 3.05) is 0 Å². The predicted molar refractivity (Wildman–Crippen MR) is 74.2 cm³/mol. The first-order chi connectivity index (χ1) is 8.81. The standard InChI is InChI=1S/C14H17N3S/c1-2-6-13-15-16-14(18)17(13)12-9-11(12)10-7-4-3-5-8-10/h3-5,7-8,11-12H,2,6,9H2,1H3,(H,16,18). The molecule has 94 valence electrons. The van der Waals surface area contributed by atoms with Crippen molar-refractivity contribution in [2.24, 2.45) is 0 Å². The van der Waals surface area contributed by atoms with E-state index in [1.165, 1.54) is 12.0 Å². The Hall–Kier alpha value is -1.42. The number of benzene rings is 1. The smallest absolute Gasteiger partial charge is 0.195 e. The Labute approximate surface area is 112 Å².